The van der Waals surface area contributed by atoms with Crippen molar-refractivity contribution >= 4 is 5.78 Å². The van der Waals surface area contributed by atoms with E-state index in [0.29, 0.717) is 18.1 Å². The molecule has 0 saturated heterocycles. The first kappa shape index (κ1) is 10.3. The maximum Gasteiger partial charge on any atom is 0.132 e. The van der Waals surface area contributed by atoms with Crippen molar-refractivity contribution < 1.29 is 4.79 Å². The van der Waals surface area contributed by atoms with Crippen LogP contribution < -0.4 is 0 Å². The summed E-state index contributed by atoms with van der Waals surface area (Å²) in [5.41, 5.74) is 2.62. The van der Waals surface area contributed by atoms with Crippen LogP contribution in [-0.2, 0) is 11.2 Å². The molecule has 2 rings (SSSR count). The van der Waals surface area contributed by atoms with E-state index in [4.69, 9.17) is 0 Å². The Morgan fingerprint density at radius 1 is 1.60 bits per heavy atom. The summed E-state index contributed by atoms with van der Waals surface area (Å²) in [7, 11) is 0. The molecule has 1 aromatic rings. The number of nitrogens with zero attached hydrogens (tertiary/aromatic N) is 1. The van der Waals surface area contributed by atoms with Crippen LogP contribution >= 0.6 is 0 Å². The normalized spacial score (nSPS) is 18.9. The Bertz CT molecular complexity index is 359. The van der Waals surface area contributed by atoms with Crippen LogP contribution in [0.2, 0.25) is 0 Å². The van der Waals surface area contributed by atoms with Crippen molar-refractivity contribution in [2.45, 2.75) is 44.9 Å². The van der Waals surface area contributed by atoms with Gasteiger partial charge in [0.2, 0.25) is 0 Å². The smallest absolute Gasteiger partial charge is 0.132 e. The van der Waals surface area contributed by atoms with E-state index in [-0.39, 0.29) is 0 Å². The molecule has 1 heterocycles. The SMILES string of the molecule is CCC(=O)CCC1CCc2cccnc21. The minimum atomic E-state index is 0.374. The van der Waals surface area contributed by atoms with E-state index < -0.39 is 0 Å². The van der Waals surface area contributed by atoms with Gasteiger partial charge in [0.05, 0.1) is 0 Å². The van der Waals surface area contributed by atoms with Crippen LogP contribution in [0.5, 0.6) is 0 Å². The highest BCUT2D eigenvalue weighted by Gasteiger charge is 2.23. The van der Waals surface area contributed by atoms with Gasteiger partial charge >= 0.3 is 0 Å². The third kappa shape index (κ3) is 2.25. The van der Waals surface area contributed by atoms with E-state index in [2.05, 4.69) is 11.1 Å². The van der Waals surface area contributed by atoms with Crippen molar-refractivity contribution in [2.75, 3.05) is 0 Å². The number of ketones is 1. The van der Waals surface area contributed by atoms with Crippen molar-refractivity contribution in [3.8, 4) is 0 Å². The van der Waals surface area contributed by atoms with Gasteiger partial charge in [-0.15, -0.1) is 0 Å². The van der Waals surface area contributed by atoms with Gasteiger partial charge in [-0.2, -0.15) is 0 Å². The number of pyridine rings is 1. The van der Waals surface area contributed by atoms with Crippen LogP contribution in [0.3, 0.4) is 0 Å². The molecular weight excluding hydrogens is 186 g/mol. The molecule has 0 radical (unpaired) electrons. The van der Waals surface area contributed by atoms with Crippen LogP contribution in [0.15, 0.2) is 18.3 Å². The van der Waals surface area contributed by atoms with Crippen LogP contribution in [0.4, 0.5) is 0 Å². The van der Waals surface area contributed by atoms with Gasteiger partial charge in [-0.1, -0.05) is 13.0 Å². The van der Waals surface area contributed by atoms with Gasteiger partial charge in [0, 0.05) is 30.7 Å². The summed E-state index contributed by atoms with van der Waals surface area (Å²) in [5.74, 6) is 0.899. The van der Waals surface area contributed by atoms with Crippen molar-refractivity contribution in [1.29, 1.82) is 0 Å². The van der Waals surface area contributed by atoms with E-state index in [0.717, 1.165) is 19.3 Å². The third-order valence-electron chi connectivity index (χ3n) is 3.24. The molecule has 15 heavy (non-hydrogen) atoms. The molecule has 0 aromatic carbocycles. The highest BCUT2D eigenvalue weighted by atomic mass is 16.1. The molecule has 0 saturated carbocycles. The molecule has 1 aromatic heterocycles. The molecule has 0 spiro atoms. The van der Waals surface area contributed by atoms with Gasteiger partial charge in [0.15, 0.2) is 0 Å². The monoisotopic (exact) mass is 203 g/mol. The Morgan fingerprint density at radius 3 is 3.27 bits per heavy atom. The summed E-state index contributed by atoms with van der Waals surface area (Å²) in [6.45, 7) is 1.93. The average Bonchev–Trinajstić information content (AvgIpc) is 2.69. The van der Waals surface area contributed by atoms with E-state index in [9.17, 15) is 4.79 Å². The van der Waals surface area contributed by atoms with Crippen LogP contribution in [0.1, 0.15) is 49.8 Å². The Kier molecular flexibility index (Phi) is 3.14. The molecule has 1 unspecified atom stereocenters. The van der Waals surface area contributed by atoms with E-state index in [1.165, 1.54) is 17.7 Å². The number of carbonyl (C=O) groups is 1. The summed E-state index contributed by atoms with van der Waals surface area (Å²) in [6, 6.07) is 4.16. The lowest BCUT2D eigenvalue weighted by Crippen LogP contribution is -2.01. The topological polar surface area (TPSA) is 30.0 Å². The quantitative estimate of drug-likeness (QED) is 0.753. The van der Waals surface area contributed by atoms with Gasteiger partial charge in [-0.05, 0) is 30.9 Å². The molecule has 0 bridgehead atoms. The van der Waals surface area contributed by atoms with Gasteiger partial charge in [-0.3, -0.25) is 9.78 Å². The summed E-state index contributed by atoms with van der Waals surface area (Å²) in [4.78, 5) is 15.7. The fourth-order valence-corrected chi connectivity index (χ4v) is 2.29. The number of fused-ring (bicyclic) bond motifs is 1. The maximum atomic E-state index is 11.3. The lowest BCUT2D eigenvalue weighted by Gasteiger charge is -2.08. The molecular formula is C13H17NO. The first-order valence-corrected chi connectivity index (χ1v) is 5.76. The van der Waals surface area contributed by atoms with Gasteiger partial charge in [0.25, 0.3) is 0 Å². The molecule has 2 heteroatoms. The molecule has 1 atom stereocenters. The van der Waals surface area contributed by atoms with Gasteiger partial charge in [-0.25, -0.2) is 0 Å². The molecule has 0 aliphatic heterocycles. The average molecular weight is 203 g/mol. The fourth-order valence-electron chi connectivity index (χ4n) is 2.29. The first-order chi connectivity index (χ1) is 7.31. The zero-order valence-electron chi connectivity index (χ0n) is 9.20. The molecule has 0 fully saturated rings. The van der Waals surface area contributed by atoms with Gasteiger partial charge in [0.1, 0.15) is 5.78 Å². The highest BCUT2D eigenvalue weighted by molar-refractivity contribution is 5.78. The van der Waals surface area contributed by atoms with Crippen molar-refractivity contribution in [2.24, 2.45) is 0 Å². The number of aryl methyl sites for hydroxylation is 1. The first-order valence-electron chi connectivity index (χ1n) is 5.76. The summed E-state index contributed by atoms with van der Waals surface area (Å²) in [5, 5.41) is 0. The summed E-state index contributed by atoms with van der Waals surface area (Å²) >= 11 is 0. The largest absolute Gasteiger partial charge is 0.300 e. The predicted molar refractivity (Wildman–Crippen MR) is 59.8 cm³/mol. The van der Waals surface area contributed by atoms with Crippen molar-refractivity contribution in [3.05, 3.63) is 29.6 Å². The standard InChI is InChI=1S/C13H17NO/c1-2-12(15)8-7-11-6-5-10-4-3-9-14-13(10)11/h3-4,9,11H,2,5-8H2,1H3. The molecule has 1 aliphatic carbocycles. The zero-order chi connectivity index (χ0) is 10.7. The van der Waals surface area contributed by atoms with Crippen LogP contribution in [0.25, 0.3) is 0 Å². The highest BCUT2D eigenvalue weighted by Crippen LogP contribution is 2.34. The molecule has 0 N–H and O–H groups in total. The maximum absolute atomic E-state index is 11.3. The van der Waals surface area contributed by atoms with E-state index in [1.807, 2.05) is 19.2 Å². The van der Waals surface area contributed by atoms with E-state index >= 15 is 0 Å². The Hall–Kier alpha value is -1.18. The zero-order valence-corrected chi connectivity index (χ0v) is 9.20. The fraction of sp³-hybridized carbons (Fsp3) is 0.538. The lowest BCUT2D eigenvalue weighted by atomic mass is 9.98. The predicted octanol–water partition coefficient (Wildman–Crippen LogP) is 2.87. The molecule has 2 nitrogen and oxygen atoms in total. The Morgan fingerprint density at radius 2 is 2.47 bits per heavy atom. The minimum Gasteiger partial charge on any atom is -0.300 e. The number of aromatic nitrogens is 1. The second-order valence-electron chi connectivity index (χ2n) is 4.21. The summed E-state index contributed by atoms with van der Waals surface area (Å²) in [6.07, 6.45) is 6.53. The third-order valence-corrected chi connectivity index (χ3v) is 3.24. The number of hydrogen-bond acceptors (Lipinski definition) is 2. The van der Waals surface area contributed by atoms with E-state index in [1.54, 1.807) is 0 Å². The Labute approximate surface area is 90.7 Å². The number of rotatable bonds is 4. The molecule has 1 aliphatic rings. The number of hydrogen-bond donors (Lipinski definition) is 0. The minimum absolute atomic E-state index is 0.374. The van der Waals surface area contributed by atoms with Crippen molar-refractivity contribution in [3.63, 3.8) is 0 Å². The molecule has 80 valence electrons. The van der Waals surface area contributed by atoms with Gasteiger partial charge < -0.3 is 0 Å². The second-order valence-corrected chi connectivity index (χ2v) is 4.21. The molecule has 0 amide bonds. The number of carbonyl (C=O) groups excluding carboxylic acids is 1. The second kappa shape index (κ2) is 4.56. The van der Waals surface area contributed by atoms with Crippen molar-refractivity contribution in [1.82, 2.24) is 4.98 Å². The Balaban J connectivity index is 1.99. The van der Waals surface area contributed by atoms with Crippen LogP contribution in [0, 0.1) is 0 Å². The number of Topliss-reactive ketones (excluding diaryl/α,β-unsaturated/α-hetero) is 1. The van der Waals surface area contributed by atoms with Crippen LogP contribution in [-0.4, -0.2) is 10.8 Å². The summed E-state index contributed by atoms with van der Waals surface area (Å²) < 4.78 is 0. The lowest BCUT2D eigenvalue weighted by molar-refractivity contribution is -0.118.